The average Bonchev–Trinajstić information content (AvgIpc) is 2.45. The van der Waals surface area contributed by atoms with Gasteiger partial charge in [-0.2, -0.15) is 0 Å². The Bertz CT molecular complexity index is 380. The van der Waals surface area contributed by atoms with Crippen molar-refractivity contribution in [3.63, 3.8) is 0 Å². The molecule has 21 heavy (non-hydrogen) atoms. The summed E-state index contributed by atoms with van der Waals surface area (Å²) in [4.78, 5) is 39.3. The van der Waals surface area contributed by atoms with E-state index in [-0.39, 0.29) is 24.9 Å². The maximum absolute atomic E-state index is 12.2. The molecule has 120 valence electrons. The molecule has 1 aliphatic heterocycles. The van der Waals surface area contributed by atoms with E-state index in [1.807, 2.05) is 11.8 Å². The van der Waals surface area contributed by atoms with E-state index in [1.54, 1.807) is 11.9 Å². The Morgan fingerprint density at radius 2 is 1.81 bits per heavy atom. The first-order chi connectivity index (χ1) is 9.93. The Labute approximate surface area is 124 Å². The average molecular weight is 300 g/mol. The number of hydrogen-bond donors (Lipinski definition) is 2. The number of piperazine rings is 1. The summed E-state index contributed by atoms with van der Waals surface area (Å²) < 4.78 is 0. The number of urea groups is 1. The van der Waals surface area contributed by atoms with Gasteiger partial charge in [-0.15, -0.1) is 0 Å². The monoisotopic (exact) mass is 300 g/mol. The van der Waals surface area contributed by atoms with Crippen molar-refractivity contribution >= 4 is 17.9 Å². The molecule has 0 aromatic rings. The lowest BCUT2D eigenvalue weighted by Gasteiger charge is -2.36. The second kappa shape index (κ2) is 8.46. The highest BCUT2D eigenvalue weighted by Gasteiger charge is 2.24. The highest BCUT2D eigenvalue weighted by Crippen LogP contribution is 2.05. The topological polar surface area (TPSA) is 93.2 Å². The summed E-state index contributed by atoms with van der Waals surface area (Å²) in [5.41, 5.74) is 0. The summed E-state index contributed by atoms with van der Waals surface area (Å²) in [6, 6.07) is -0.167. The number of carboxylic acid groups (broad SMARTS) is 1. The van der Waals surface area contributed by atoms with Crippen molar-refractivity contribution in [2.75, 3.05) is 52.9 Å². The van der Waals surface area contributed by atoms with Gasteiger partial charge in [0.2, 0.25) is 5.91 Å². The maximum Gasteiger partial charge on any atom is 0.320 e. The zero-order valence-electron chi connectivity index (χ0n) is 12.7. The highest BCUT2D eigenvalue weighted by molar-refractivity contribution is 5.83. The van der Waals surface area contributed by atoms with Crippen LogP contribution in [0.25, 0.3) is 0 Å². The third-order valence-corrected chi connectivity index (χ3v) is 3.37. The van der Waals surface area contributed by atoms with Gasteiger partial charge in [-0.25, -0.2) is 4.79 Å². The van der Waals surface area contributed by atoms with Crippen LogP contribution in [-0.2, 0) is 9.59 Å². The number of nitrogens with one attached hydrogen (secondary N) is 1. The van der Waals surface area contributed by atoms with Gasteiger partial charge in [0, 0.05) is 46.3 Å². The second-order valence-electron chi connectivity index (χ2n) is 5.06. The molecule has 1 rings (SSSR count). The van der Waals surface area contributed by atoms with Crippen LogP contribution in [-0.4, -0.2) is 90.6 Å². The van der Waals surface area contributed by atoms with Gasteiger partial charge in [-0.05, 0) is 6.92 Å². The molecule has 0 unspecified atom stereocenters. The van der Waals surface area contributed by atoms with Crippen molar-refractivity contribution in [1.82, 2.24) is 20.0 Å². The zero-order valence-corrected chi connectivity index (χ0v) is 12.7. The number of amides is 3. The lowest BCUT2D eigenvalue weighted by atomic mass is 10.3. The van der Waals surface area contributed by atoms with Gasteiger partial charge in [0.15, 0.2) is 0 Å². The molecule has 8 heteroatoms. The van der Waals surface area contributed by atoms with Crippen molar-refractivity contribution in [3.8, 4) is 0 Å². The Morgan fingerprint density at radius 3 is 2.33 bits per heavy atom. The Kier molecular flexibility index (Phi) is 6.93. The molecule has 0 aromatic carbocycles. The van der Waals surface area contributed by atoms with E-state index < -0.39 is 5.97 Å². The molecule has 8 nitrogen and oxygen atoms in total. The summed E-state index contributed by atoms with van der Waals surface area (Å²) in [6.45, 7) is 5.36. The number of aliphatic carboxylic acids is 1. The fourth-order valence-corrected chi connectivity index (χ4v) is 2.19. The molecule has 1 aliphatic rings. The predicted molar refractivity (Wildman–Crippen MR) is 77.0 cm³/mol. The molecule has 0 spiro atoms. The van der Waals surface area contributed by atoms with Crippen LogP contribution in [0.5, 0.6) is 0 Å². The van der Waals surface area contributed by atoms with Gasteiger partial charge in [0.1, 0.15) is 6.54 Å². The smallest absolute Gasteiger partial charge is 0.320 e. The van der Waals surface area contributed by atoms with Crippen LogP contribution in [0.3, 0.4) is 0 Å². The minimum atomic E-state index is -0.810. The van der Waals surface area contributed by atoms with Crippen molar-refractivity contribution in [3.05, 3.63) is 0 Å². The molecule has 1 saturated heterocycles. The minimum absolute atomic E-state index is 0.0475. The normalized spacial score (nSPS) is 15.6. The van der Waals surface area contributed by atoms with Crippen molar-refractivity contribution in [2.45, 2.75) is 13.3 Å². The van der Waals surface area contributed by atoms with Gasteiger partial charge in [-0.3, -0.25) is 14.5 Å². The molecule has 1 heterocycles. The summed E-state index contributed by atoms with van der Waals surface area (Å²) in [6.07, 6.45) is 0.116. The van der Waals surface area contributed by atoms with Crippen LogP contribution in [0.1, 0.15) is 13.3 Å². The summed E-state index contributed by atoms with van der Waals surface area (Å²) in [7, 11) is 1.61. The molecule has 0 aromatic heterocycles. The fraction of sp³-hybridized carbons (Fsp3) is 0.769. The van der Waals surface area contributed by atoms with Gasteiger partial charge in [0.25, 0.3) is 0 Å². The van der Waals surface area contributed by atoms with E-state index >= 15 is 0 Å². The quantitative estimate of drug-likeness (QED) is 0.674. The molecule has 0 atom stereocenters. The number of rotatable bonds is 6. The van der Waals surface area contributed by atoms with E-state index in [1.165, 1.54) is 4.90 Å². The van der Waals surface area contributed by atoms with E-state index in [9.17, 15) is 14.4 Å². The minimum Gasteiger partial charge on any atom is -0.481 e. The summed E-state index contributed by atoms with van der Waals surface area (Å²) in [5.74, 6) is -0.983. The molecular formula is C13H24N4O4. The first kappa shape index (κ1) is 17.2. The van der Waals surface area contributed by atoms with E-state index in [4.69, 9.17) is 5.11 Å². The molecular weight excluding hydrogens is 276 g/mol. The largest absolute Gasteiger partial charge is 0.481 e. The van der Waals surface area contributed by atoms with Crippen LogP contribution in [0.15, 0.2) is 0 Å². The predicted octanol–water partition coefficient (Wildman–Crippen LogP) is -0.733. The molecule has 3 amide bonds. The lowest BCUT2D eigenvalue weighted by molar-refractivity contribution is -0.137. The third kappa shape index (κ3) is 5.99. The molecule has 2 N–H and O–H groups in total. The molecule has 0 radical (unpaired) electrons. The lowest BCUT2D eigenvalue weighted by Crippen LogP contribution is -2.53. The Morgan fingerprint density at radius 1 is 1.19 bits per heavy atom. The summed E-state index contributed by atoms with van der Waals surface area (Å²) >= 11 is 0. The Hall–Kier alpha value is -1.83. The van der Waals surface area contributed by atoms with Crippen LogP contribution in [0.2, 0.25) is 0 Å². The number of likely N-dealkylation sites (N-methyl/N-ethyl adjacent to an activating group) is 2. The number of carbonyl (C=O) groups excluding carboxylic acids is 2. The third-order valence-electron chi connectivity index (χ3n) is 3.37. The number of hydrogen-bond acceptors (Lipinski definition) is 4. The highest BCUT2D eigenvalue weighted by atomic mass is 16.4. The number of nitrogens with zero attached hydrogens (tertiary/aromatic N) is 3. The second-order valence-corrected chi connectivity index (χ2v) is 5.06. The van der Waals surface area contributed by atoms with Gasteiger partial charge < -0.3 is 20.2 Å². The van der Waals surface area contributed by atoms with Crippen molar-refractivity contribution in [1.29, 1.82) is 0 Å². The van der Waals surface area contributed by atoms with Gasteiger partial charge in [0.05, 0.1) is 6.42 Å². The SMILES string of the molecule is CCNC(=O)CN(C)C(=O)N1CCN(CCC(=O)O)CC1. The molecule has 0 saturated carbocycles. The molecule has 1 fully saturated rings. The number of carboxylic acids is 1. The van der Waals surface area contributed by atoms with Crippen LogP contribution in [0.4, 0.5) is 4.79 Å². The number of carbonyl (C=O) groups is 3. The van der Waals surface area contributed by atoms with E-state index in [2.05, 4.69) is 5.32 Å². The zero-order chi connectivity index (χ0) is 15.8. The van der Waals surface area contributed by atoms with Gasteiger partial charge in [-0.1, -0.05) is 0 Å². The van der Waals surface area contributed by atoms with E-state index in [0.29, 0.717) is 39.3 Å². The molecule has 0 bridgehead atoms. The van der Waals surface area contributed by atoms with Crippen molar-refractivity contribution < 1.29 is 19.5 Å². The van der Waals surface area contributed by atoms with Crippen molar-refractivity contribution in [2.24, 2.45) is 0 Å². The van der Waals surface area contributed by atoms with Gasteiger partial charge >= 0.3 is 12.0 Å². The van der Waals surface area contributed by atoms with E-state index in [0.717, 1.165) is 0 Å². The first-order valence-corrected chi connectivity index (χ1v) is 7.15. The van der Waals surface area contributed by atoms with Crippen LogP contribution < -0.4 is 5.32 Å². The first-order valence-electron chi connectivity index (χ1n) is 7.15. The van der Waals surface area contributed by atoms with Crippen LogP contribution in [0, 0.1) is 0 Å². The maximum atomic E-state index is 12.2. The molecule has 0 aliphatic carbocycles. The standard InChI is InChI=1S/C13H24N4O4/c1-3-14-11(18)10-15(2)13(21)17-8-6-16(7-9-17)5-4-12(19)20/h3-10H2,1-2H3,(H,14,18)(H,19,20). The fourth-order valence-electron chi connectivity index (χ4n) is 2.19. The summed E-state index contributed by atoms with van der Waals surface area (Å²) in [5, 5.41) is 11.3. The van der Waals surface area contributed by atoms with Crippen LogP contribution >= 0.6 is 0 Å². The Balaban J connectivity index is 2.34.